The molecule has 5 nitrogen and oxygen atoms in total. The van der Waals surface area contributed by atoms with Crippen LogP contribution in [0.4, 0.5) is 0 Å². The zero-order valence-corrected chi connectivity index (χ0v) is 11.3. The summed E-state index contributed by atoms with van der Waals surface area (Å²) in [4.78, 5) is 19.5. The number of rotatable bonds is 2. The van der Waals surface area contributed by atoms with Crippen LogP contribution in [0.3, 0.4) is 0 Å². The normalized spacial score (nSPS) is 10.7. The smallest absolute Gasteiger partial charge is 0.254 e. The van der Waals surface area contributed by atoms with E-state index in [-0.39, 0.29) is 5.56 Å². The monoisotopic (exact) mass is 266 g/mol. The number of aryl methyl sites for hydroxylation is 1. The van der Waals surface area contributed by atoms with Crippen molar-refractivity contribution in [1.29, 1.82) is 0 Å². The van der Waals surface area contributed by atoms with E-state index in [1.54, 1.807) is 17.8 Å². The summed E-state index contributed by atoms with van der Waals surface area (Å²) < 4.78 is 1.68. The average Bonchev–Trinajstić information content (AvgIpc) is 2.89. The van der Waals surface area contributed by atoms with E-state index in [1.165, 1.54) is 0 Å². The second-order valence-corrected chi connectivity index (χ2v) is 4.66. The minimum Gasteiger partial charge on any atom is -0.306 e. The molecule has 2 heterocycles. The van der Waals surface area contributed by atoms with Crippen molar-refractivity contribution in [3.8, 4) is 22.6 Å². The summed E-state index contributed by atoms with van der Waals surface area (Å²) in [6.07, 6.45) is 3.50. The Morgan fingerprint density at radius 3 is 2.55 bits per heavy atom. The van der Waals surface area contributed by atoms with Gasteiger partial charge in [0, 0.05) is 24.4 Å². The summed E-state index contributed by atoms with van der Waals surface area (Å²) in [7, 11) is 1.83. The SMILES string of the molecule is Cc1c(-c2ccccc2)nc(-c2cnn(C)c2)[nH]c1=O. The van der Waals surface area contributed by atoms with Gasteiger partial charge in [-0.05, 0) is 6.92 Å². The molecular formula is C15H14N4O. The van der Waals surface area contributed by atoms with Crippen LogP contribution in [0.5, 0.6) is 0 Å². The Kier molecular flexibility index (Phi) is 2.95. The highest BCUT2D eigenvalue weighted by Gasteiger charge is 2.11. The Balaban J connectivity index is 2.21. The summed E-state index contributed by atoms with van der Waals surface area (Å²) in [5.41, 5.74) is 2.91. The molecule has 0 aliphatic carbocycles. The summed E-state index contributed by atoms with van der Waals surface area (Å²) >= 11 is 0. The molecule has 0 saturated heterocycles. The van der Waals surface area contributed by atoms with Crippen LogP contribution in [0.2, 0.25) is 0 Å². The summed E-state index contributed by atoms with van der Waals surface area (Å²) in [6.45, 7) is 1.78. The molecule has 0 aliphatic rings. The summed E-state index contributed by atoms with van der Waals surface area (Å²) in [5, 5.41) is 4.10. The largest absolute Gasteiger partial charge is 0.306 e. The van der Waals surface area contributed by atoms with Gasteiger partial charge in [-0.15, -0.1) is 0 Å². The first kappa shape index (κ1) is 12.3. The number of nitrogens with one attached hydrogen (secondary N) is 1. The molecule has 0 fully saturated rings. The maximum Gasteiger partial charge on any atom is 0.254 e. The lowest BCUT2D eigenvalue weighted by Gasteiger charge is -2.06. The lowest BCUT2D eigenvalue weighted by molar-refractivity contribution is 0.768. The molecule has 100 valence electrons. The molecular weight excluding hydrogens is 252 g/mol. The van der Waals surface area contributed by atoms with Crippen molar-refractivity contribution in [3.05, 3.63) is 58.6 Å². The fraction of sp³-hybridized carbons (Fsp3) is 0.133. The van der Waals surface area contributed by atoms with Gasteiger partial charge in [-0.1, -0.05) is 30.3 Å². The van der Waals surface area contributed by atoms with Gasteiger partial charge in [0.2, 0.25) is 0 Å². The van der Waals surface area contributed by atoms with E-state index in [2.05, 4.69) is 15.1 Å². The van der Waals surface area contributed by atoms with Gasteiger partial charge in [0.15, 0.2) is 0 Å². The van der Waals surface area contributed by atoms with Crippen LogP contribution in [0, 0.1) is 6.92 Å². The number of hydrogen-bond donors (Lipinski definition) is 1. The Morgan fingerprint density at radius 1 is 1.15 bits per heavy atom. The molecule has 0 bridgehead atoms. The Morgan fingerprint density at radius 2 is 1.90 bits per heavy atom. The van der Waals surface area contributed by atoms with Crippen molar-refractivity contribution in [2.75, 3.05) is 0 Å². The summed E-state index contributed by atoms with van der Waals surface area (Å²) in [6, 6.07) is 9.69. The van der Waals surface area contributed by atoms with Gasteiger partial charge in [-0.25, -0.2) is 4.98 Å². The molecule has 2 aromatic heterocycles. The first-order chi connectivity index (χ1) is 9.65. The third-order valence-corrected chi connectivity index (χ3v) is 3.18. The first-order valence-electron chi connectivity index (χ1n) is 6.30. The topological polar surface area (TPSA) is 63.6 Å². The van der Waals surface area contributed by atoms with Gasteiger partial charge >= 0.3 is 0 Å². The molecule has 5 heteroatoms. The van der Waals surface area contributed by atoms with E-state index < -0.39 is 0 Å². The van der Waals surface area contributed by atoms with E-state index in [4.69, 9.17) is 0 Å². The van der Waals surface area contributed by atoms with Crippen LogP contribution >= 0.6 is 0 Å². The quantitative estimate of drug-likeness (QED) is 0.773. The highest BCUT2D eigenvalue weighted by atomic mass is 16.1. The van der Waals surface area contributed by atoms with Crippen LogP contribution in [-0.4, -0.2) is 19.7 Å². The van der Waals surface area contributed by atoms with Crippen LogP contribution < -0.4 is 5.56 Å². The molecule has 0 radical (unpaired) electrons. The van der Waals surface area contributed by atoms with Gasteiger partial charge in [0.05, 0.1) is 17.5 Å². The van der Waals surface area contributed by atoms with Gasteiger partial charge in [-0.2, -0.15) is 5.10 Å². The molecule has 20 heavy (non-hydrogen) atoms. The van der Waals surface area contributed by atoms with Crippen molar-refractivity contribution < 1.29 is 0 Å². The third kappa shape index (κ3) is 2.14. The fourth-order valence-corrected chi connectivity index (χ4v) is 2.09. The standard InChI is InChI=1S/C15H14N4O/c1-10-13(11-6-4-3-5-7-11)17-14(18-15(10)20)12-8-16-19(2)9-12/h3-9H,1-2H3,(H,17,18,20). The molecule has 0 unspecified atom stereocenters. The van der Waals surface area contributed by atoms with E-state index in [9.17, 15) is 4.79 Å². The number of H-pyrrole nitrogens is 1. The highest BCUT2D eigenvalue weighted by molar-refractivity contribution is 5.65. The first-order valence-corrected chi connectivity index (χ1v) is 6.30. The fourth-order valence-electron chi connectivity index (χ4n) is 2.09. The zero-order chi connectivity index (χ0) is 14.1. The molecule has 0 amide bonds. The number of benzene rings is 1. The molecule has 0 aliphatic heterocycles. The molecule has 0 saturated carbocycles. The third-order valence-electron chi connectivity index (χ3n) is 3.18. The van der Waals surface area contributed by atoms with Gasteiger partial charge in [0.1, 0.15) is 5.82 Å². The lowest BCUT2D eigenvalue weighted by atomic mass is 10.1. The Labute approximate surface area is 115 Å². The zero-order valence-electron chi connectivity index (χ0n) is 11.3. The minimum atomic E-state index is -0.127. The minimum absolute atomic E-state index is 0.127. The highest BCUT2D eigenvalue weighted by Crippen LogP contribution is 2.21. The van der Waals surface area contributed by atoms with Crippen LogP contribution in [0.1, 0.15) is 5.56 Å². The van der Waals surface area contributed by atoms with E-state index in [1.807, 2.05) is 43.6 Å². The predicted molar refractivity (Wildman–Crippen MR) is 77.2 cm³/mol. The van der Waals surface area contributed by atoms with Gasteiger partial charge in [-0.3, -0.25) is 9.48 Å². The van der Waals surface area contributed by atoms with Crippen molar-refractivity contribution in [1.82, 2.24) is 19.7 Å². The van der Waals surface area contributed by atoms with E-state index in [0.717, 1.165) is 11.1 Å². The van der Waals surface area contributed by atoms with Crippen LogP contribution in [-0.2, 0) is 7.05 Å². The van der Waals surface area contributed by atoms with Gasteiger partial charge in [0.25, 0.3) is 5.56 Å². The van der Waals surface area contributed by atoms with Crippen LogP contribution in [0.25, 0.3) is 22.6 Å². The molecule has 1 N–H and O–H groups in total. The molecule has 0 spiro atoms. The van der Waals surface area contributed by atoms with Crippen LogP contribution in [0.15, 0.2) is 47.5 Å². The predicted octanol–water partition coefficient (Wildman–Crippen LogP) is 2.15. The van der Waals surface area contributed by atoms with Crippen molar-refractivity contribution in [2.24, 2.45) is 7.05 Å². The van der Waals surface area contributed by atoms with E-state index in [0.29, 0.717) is 17.1 Å². The lowest BCUT2D eigenvalue weighted by Crippen LogP contribution is -2.14. The number of hydrogen-bond acceptors (Lipinski definition) is 3. The molecule has 3 rings (SSSR count). The second-order valence-electron chi connectivity index (χ2n) is 4.66. The van der Waals surface area contributed by atoms with Gasteiger partial charge < -0.3 is 4.98 Å². The second kappa shape index (κ2) is 4.77. The Hall–Kier alpha value is -2.69. The maximum absolute atomic E-state index is 12.1. The van der Waals surface area contributed by atoms with E-state index >= 15 is 0 Å². The molecule has 1 aromatic carbocycles. The Bertz CT molecular complexity index is 802. The van der Waals surface area contributed by atoms with Crippen molar-refractivity contribution in [2.45, 2.75) is 6.92 Å². The summed E-state index contributed by atoms with van der Waals surface area (Å²) in [5.74, 6) is 0.535. The number of aromatic nitrogens is 4. The maximum atomic E-state index is 12.1. The molecule has 0 atom stereocenters. The number of aromatic amines is 1. The molecule has 3 aromatic rings. The average molecular weight is 266 g/mol. The van der Waals surface area contributed by atoms with Crippen molar-refractivity contribution in [3.63, 3.8) is 0 Å². The van der Waals surface area contributed by atoms with Crippen molar-refractivity contribution >= 4 is 0 Å². The number of nitrogens with zero attached hydrogens (tertiary/aromatic N) is 3.